The molecule has 0 aliphatic carbocycles. The number of carboxylic acids is 2. The van der Waals surface area contributed by atoms with Crippen molar-refractivity contribution < 1.29 is 39.0 Å². The summed E-state index contributed by atoms with van der Waals surface area (Å²) in [4.78, 5) is 75.6. The Balaban J connectivity index is 5.44. The molecule has 4 amide bonds. The number of guanidine groups is 1. The molecule has 0 aliphatic rings. The second-order valence-corrected chi connectivity index (χ2v) is 8.81. The molecule has 0 aromatic heterocycles. The van der Waals surface area contributed by atoms with Crippen molar-refractivity contribution >= 4 is 41.5 Å². The number of nitrogens with zero attached hydrogens (tertiary/aromatic N) is 1. The molecule has 0 bridgehead atoms. The summed E-state index contributed by atoms with van der Waals surface area (Å²) in [7, 11) is 0. The van der Waals surface area contributed by atoms with Gasteiger partial charge in [0.15, 0.2) is 5.96 Å². The molecule has 0 unspecified atom stereocenters. The van der Waals surface area contributed by atoms with Crippen LogP contribution < -0.4 is 38.9 Å². The minimum atomic E-state index is -1.58. The van der Waals surface area contributed by atoms with Crippen molar-refractivity contribution in [2.24, 2.45) is 33.8 Å². The Morgan fingerprint density at radius 2 is 1.35 bits per heavy atom. The summed E-state index contributed by atoms with van der Waals surface area (Å²) in [6.45, 7) is 3.83. The van der Waals surface area contributed by atoms with Crippen molar-refractivity contribution in [2.45, 2.75) is 76.5 Å². The maximum absolute atomic E-state index is 13.0. The van der Waals surface area contributed by atoms with E-state index in [0.29, 0.717) is 6.42 Å². The zero-order chi connectivity index (χ0) is 28.7. The fourth-order valence-corrected chi connectivity index (χ4v) is 3.11. The third-order valence-corrected chi connectivity index (χ3v) is 4.94. The normalized spacial score (nSPS) is 13.9. The van der Waals surface area contributed by atoms with E-state index in [2.05, 4.69) is 20.9 Å². The second kappa shape index (κ2) is 16.7. The maximum atomic E-state index is 13.0. The molecule has 0 aliphatic heterocycles. The number of amides is 4. The van der Waals surface area contributed by atoms with E-state index in [-0.39, 0.29) is 31.3 Å². The standard InChI is InChI=1S/C21H38N8O8/c1-10(2)8-13(28-17(33)11(22)4-3-7-26-21(24)25)18(34)29-14(9-15(23)30)19(35)27-12(20(36)37)5-6-16(31)32/h10-14H,3-9,22H2,1-2H3,(H2,23,30)(H,27,35)(H,28,33)(H,29,34)(H,31,32)(H,36,37)(H4,24,25,26)/t11-,12-,13-,14-/m0/s1. The summed E-state index contributed by atoms with van der Waals surface area (Å²) in [5, 5.41) is 25.0. The SMILES string of the molecule is CC(C)C[C@H](NC(=O)[C@@H](N)CCCN=C(N)N)C(=O)N[C@@H](CC(N)=O)C(=O)N[C@@H](CCC(=O)O)C(=O)O. The monoisotopic (exact) mass is 530 g/mol. The first-order valence-corrected chi connectivity index (χ1v) is 11.6. The number of hydrogen-bond donors (Lipinski definition) is 9. The number of carboxylic acid groups (broad SMARTS) is 2. The van der Waals surface area contributed by atoms with Gasteiger partial charge in [-0.05, 0) is 31.6 Å². The first-order chi connectivity index (χ1) is 17.1. The number of aliphatic imine (C=N–C) groups is 1. The highest BCUT2D eigenvalue weighted by Gasteiger charge is 2.31. The van der Waals surface area contributed by atoms with Gasteiger partial charge in [0.2, 0.25) is 23.6 Å². The first kappa shape index (κ1) is 33.0. The van der Waals surface area contributed by atoms with Crippen LogP contribution in [0.15, 0.2) is 4.99 Å². The van der Waals surface area contributed by atoms with E-state index in [1.54, 1.807) is 13.8 Å². The maximum Gasteiger partial charge on any atom is 0.326 e. The van der Waals surface area contributed by atoms with Gasteiger partial charge >= 0.3 is 11.9 Å². The molecule has 0 radical (unpaired) electrons. The number of primary amides is 1. The molecule has 16 heteroatoms. The highest BCUT2D eigenvalue weighted by atomic mass is 16.4. The summed E-state index contributed by atoms with van der Waals surface area (Å²) in [5.74, 6) is -6.44. The lowest BCUT2D eigenvalue weighted by Crippen LogP contribution is -2.58. The van der Waals surface area contributed by atoms with Gasteiger partial charge in [-0.15, -0.1) is 0 Å². The fourth-order valence-electron chi connectivity index (χ4n) is 3.11. The van der Waals surface area contributed by atoms with Crippen LogP contribution in [0.2, 0.25) is 0 Å². The largest absolute Gasteiger partial charge is 0.481 e. The number of carbonyl (C=O) groups excluding carboxylic acids is 4. The molecule has 0 rings (SSSR count). The average Bonchev–Trinajstić information content (AvgIpc) is 2.76. The summed E-state index contributed by atoms with van der Waals surface area (Å²) in [6.07, 6.45) is -0.867. The fraction of sp³-hybridized carbons (Fsp3) is 0.667. The molecule has 4 atom stereocenters. The number of rotatable bonds is 18. The smallest absolute Gasteiger partial charge is 0.326 e. The Labute approximate surface area is 214 Å². The van der Waals surface area contributed by atoms with Gasteiger partial charge in [0.05, 0.1) is 12.5 Å². The molecule has 37 heavy (non-hydrogen) atoms. The number of nitrogens with two attached hydrogens (primary N) is 4. The van der Waals surface area contributed by atoms with Crippen LogP contribution in [0.3, 0.4) is 0 Å². The van der Waals surface area contributed by atoms with E-state index in [4.69, 9.17) is 28.0 Å². The van der Waals surface area contributed by atoms with Gasteiger partial charge < -0.3 is 49.1 Å². The van der Waals surface area contributed by atoms with Crippen molar-refractivity contribution in [3.05, 3.63) is 0 Å². The predicted molar refractivity (Wildman–Crippen MR) is 131 cm³/mol. The van der Waals surface area contributed by atoms with Crippen molar-refractivity contribution in [1.29, 1.82) is 0 Å². The van der Waals surface area contributed by atoms with Crippen molar-refractivity contribution in [1.82, 2.24) is 16.0 Å². The van der Waals surface area contributed by atoms with Crippen LogP contribution in [0.5, 0.6) is 0 Å². The topological polar surface area (TPSA) is 295 Å². The molecule has 0 aromatic carbocycles. The molecule has 0 aromatic rings. The Morgan fingerprint density at radius 1 is 0.811 bits per heavy atom. The van der Waals surface area contributed by atoms with Gasteiger partial charge in [-0.25, -0.2) is 4.79 Å². The minimum Gasteiger partial charge on any atom is -0.481 e. The quantitative estimate of drug-likeness (QED) is 0.0480. The van der Waals surface area contributed by atoms with E-state index >= 15 is 0 Å². The van der Waals surface area contributed by atoms with Gasteiger partial charge in [-0.2, -0.15) is 0 Å². The number of nitrogens with one attached hydrogen (secondary N) is 3. The van der Waals surface area contributed by atoms with Gasteiger partial charge in [0, 0.05) is 13.0 Å². The molecule has 16 nitrogen and oxygen atoms in total. The summed E-state index contributed by atoms with van der Waals surface area (Å²) < 4.78 is 0. The molecule has 210 valence electrons. The van der Waals surface area contributed by atoms with Gasteiger partial charge in [-0.3, -0.25) is 29.0 Å². The molecular weight excluding hydrogens is 492 g/mol. The van der Waals surface area contributed by atoms with E-state index < -0.39 is 79.0 Å². The van der Waals surface area contributed by atoms with Crippen LogP contribution >= 0.6 is 0 Å². The Bertz CT molecular complexity index is 859. The zero-order valence-corrected chi connectivity index (χ0v) is 20.9. The van der Waals surface area contributed by atoms with E-state index in [1.165, 1.54) is 0 Å². The van der Waals surface area contributed by atoms with E-state index in [0.717, 1.165) is 0 Å². The van der Waals surface area contributed by atoms with Crippen molar-refractivity contribution in [3.63, 3.8) is 0 Å². The molecule has 0 fully saturated rings. The third-order valence-electron chi connectivity index (χ3n) is 4.94. The molecule has 0 saturated heterocycles. The average molecular weight is 531 g/mol. The van der Waals surface area contributed by atoms with Crippen molar-refractivity contribution in [3.8, 4) is 0 Å². The van der Waals surface area contributed by atoms with Gasteiger partial charge in [0.1, 0.15) is 18.1 Å². The lowest BCUT2D eigenvalue weighted by molar-refractivity contribution is -0.143. The molecule has 13 N–H and O–H groups in total. The highest BCUT2D eigenvalue weighted by Crippen LogP contribution is 2.08. The van der Waals surface area contributed by atoms with Crippen LogP contribution in [0.25, 0.3) is 0 Å². The number of aliphatic carboxylic acids is 2. The lowest BCUT2D eigenvalue weighted by atomic mass is 10.0. The van der Waals surface area contributed by atoms with Crippen LogP contribution in [0.4, 0.5) is 0 Å². The number of hydrogen-bond acceptors (Lipinski definition) is 8. The van der Waals surface area contributed by atoms with Crippen molar-refractivity contribution in [2.75, 3.05) is 6.54 Å². The summed E-state index contributed by atoms with van der Waals surface area (Å²) in [6, 6.07) is -5.27. The predicted octanol–water partition coefficient (Wildman–Crippen LogP) is -3.31. The zero-order valence-electron chi connectivity index (χ0n) is 20.9. The Hall–Kier alpha value is -3.95. The van der Waals surface area contributed by atoms with Gasteiger partial charge in [0.25, 0.3) is 0 Å². The van der Waals surface area contributed by atoms with Crippen LogP contribution in [-0.2, 0) is 28.8 Å². The van der Waals surface area contributed by atoms with Crippen LogP contribution in [-0.4, -0.2) is 82.5 Å². The van der Waals surface area contributed by atoms with Crippen LogP contribution in [0, 0.1) is 5.92 Å². The first-order valence-electron chi connectivity index (χ1n) is 11.6. The van der Waals surface area contributed by atoms with Gasteiger partial charge in [-0.1, -0.05) is 13.8 Å². The van der Waals surface area contributed by atoms with E-state index in [9.17, 15) is 33.9 Å². The second-order valence-electron chi connectivity index (χ2n) is 8.81. The number of carbonyl (C=O) groups is 6. The molecular formula is C21H38N8O8. The summed E-state index contributed by atoms with van der Waals surface area (Å²) >= 11 is 0. The molecule has 0 spiro atoms. The highest BCUT2D eigenvalue weighted by molar-refractivity contribution is 5.96. The van der Waals surface area contributed by atoms with Crippen LogP contribution in [0.1, 0.15) is 52.4 Å². The lowest BCUT2D eigenvalue weighted by Gasteiger charge is -2.25. The summed E-state index contributed by atoms with van der Waals surface area (Å²) in [5.41, 5.74) is 21.5. The minimum absolute atomic E-state index is 0.0787. The Kier molecular flexibility index (Phi) is 14.9. The molecule has 0 saturated carbocycles. The Morgan fingerprint density at radius 3 is 1.84 bits per heavy atom. The molecule has 0 heterocycles. The van der Waals surface area contributed by atoms with E-state index in [1.807, 2.05) is 0 Å². The third kappa shape index (κ3) is 14.9.